The summed E-state index contributed by atoms with van der Waals surface area (Å²) in [6.45, 7) is 6.91. The van der Waals surface area contributed by atoms with Crippen LogP contribution >= 0.6 is 0 Å². The van der Waals surface area contributed by atoms with E-state index in [9.17, 15) is 4.79 Å². The van der Waals surface area contributed by atoms with E-state index in [2.05, 4.69) is 33.2 Å². The van der Waals surface area contributed by atoms with Crippen molar-refractivity contribution < 1.29 is 9.53 Å². The average molecular weight is 502 g/mol. The van der Waals surface area contributed by atoms with Crippen LogP contribution in [0.4, 0.5) is 0 Å². The summed E-state index contributed by atoms with van der Waals surface area (Å²) >= 11 is 0. The Bertz CT molecular complexity index is 1450. The molecule has 6 rings (SSSR count). The summed E-state index contributed by atoms with van der Waals surface area (Å²) in [4.78, 5) is 29.9. The number of carbonyl (C=O) groups is 1. The number of nitrogens with two attached hydrogens (primary N) is 1. The number of nitrogens with zero attached hydrogens (tertiary/aromatic N) is 6. The number of imidazole rings is 1. The topological polar surface area (TPSA) is 104 Å². The van der Waals surface area contributed by atoms with E-state index in [0.29, 0.717) is 42.6 Å². The molecule has 2 N–H and O–H groups in total. The van der Waals surface area contributed by atoms with Crippen LogP contribution in [0.3, 0.4) is 0 Å². The van der Waals surface area contributed by atoms with Crippen molar-refractivity contribution in [1.29, 1.82) is 0 Å². The summed E-state index contributed by atoms with van der Waals surface area (Å²) in [7, 11) is 1.70. The third-order valence-corrected chi connectivity index (χ3v) is 8.18. The SMILES string of the molecule is CC[C@@H]1CN(C(=O)c2cnc3c(c2)nc(-c2cc4cccnc4n2CC2CC2)n3CCOC)[C@H](C)[C@@H]1N. The van der Waals surface area contributed by atoms with Gasteiger partial charge in [0.2, 0.25) is 0 Å². The quantitative estimate of drug-likeness (QED) is 0.395. The number of hydrogen-bond acceptors (Lipinski definition) is 6. The minimum absolute atomic E-state index is 0.00593. The van der Waals surface area contributed by atoms with Gasteiger partial charge in [0.1, 0.15) is 11.2 Å². The van der Waals surface area contributed by atoms with Gasteiger partial charge in [0.25, 0.3) is 5.91 Å². The monoisotopic (exact) mass is 501 g/mol. The minimum Gasteiger partial charge on any atom is -0.383 e. The Kier molecular flexibility index (Phi) is 6.20. The van der Waals surface area contributed by atoms with E-state index in [4.69, 9.17) is 20.4 Å². The molecular formula is C28H35N7O2. The van der Waals surface area contributed by atoms with Gasteiger partial charge in [-0.2, -0.15) is 0 Å². The fraction of sp³-hybridized carbons (Fsp3) is 0.500. The summed E-state index contributed by atoms with van der Waals surface area (Å²) in [6.07, 6.45) is 6.98. The molecule has 0 spiro atoms. The normalized spacial score (nSPS) is 21.9. The van der Waals surface area contributed by atoms with Gasteiger partial charge in [-0.15, -0.1) is 0 Å². The first kappa shape index (κ1) is 24.1. The molecule has 0 bridgehead atoms. The van der Waals surface area contributed by atoms with Crippen molar-refractivity contribution in [3.63, 3.8) is 0 Å². The number of methoxy groups -OCH3 is 1. The fourth-order valence-corrected chi connectivity index (χ4v) is 5.71. The maximum atomic E-state index is 13.5. The highest BCUT2D eigenvalue weighted by atomic mass is 16.5. The van der Waals surface area contributed by atoms with Gasteiger partial charge in [-0.25, -0.2) is 15.0 Å². The minimum atomic E-state index is -0.0339. The zero-order valence-corrected chi connectivity index (χ0v) is 21.8. The molecule has 194 valence electrons. The van der Waals surface area contributed by atoms with Crippen molar-refractivity contribution in [3.8, 4) is 11.5 Å². The van der Waals surface area contributed by atoms with Crippen LogP contribution in [0.25, 0.3) is 33.7 Å². The number of fused-ring (bicyclic) bond motifs is 2. The first-order valence-electron chi connectivity index (χ1n) is 13.4. The van der Waals surface area contributed by atoms with Crippen molar-refractivity contribution in [1.82, 2.24) is 29.0 Å². The number of pyridine rings is 2. The molecule has 1 saturated heterocycles. The average Bonchev–Trinajstić information content (AvgIpc) is 3.47. The van der Waals surface area contributed by atoms with Gasteiger partial charge in [0, 0.05) is 56.6 Å². The predicted octanol–water partition coefficient (Wildman–Crippen LogP) is 3.70. The Morgan fingerprint density at radius 3 is 2.76 bits per heavy atom. The van der Waals surface area contributed by atoms with Crippen LogP contribution < -0.4 is 5.73 Å². The Hall–Kier alpha value is -3.30. The summed E-state index contributed by atoms with van der Waals surface area (Å²) in [5.41, 5.74) is 10.4. The molecule has 1 aliphatic carbocycles. The lowest BCUT2D eigenvalue weighted by Gasteiger charge is -2.23. The first-order chi connectivity index (χ1) is 18.0. The van der Waals surface area contributed by atoms with Crippen LogP contribution in [0, 0.1) is 11.8 Å². The molecule has 0 unspecified atom stereocenters. The van der Waals surface area contributed by atoms with Crippen LogP contribution in [0.1, 0.15) is 43.5 Å². The Balaban J connectivity index is 1.44. The molecule has 1 saturated carbocycles. The second kappa shape index (κ2) is 9.54. The van der Waals surface area contributed by atoms with E-state index in [1.54, 1.807) is 13.3 Å². The lowest BCUT2D eigenvalue weighted by atomic mass is 9.98. The van der Waals surface area contributed by atoms with Crippen molar-refractivity contribution >= 4 is 28.1 Å². The van der Waals surface area contributed by atoms with Crippen molar-refractivity contribution in [2.24, 2.45) is 17.6 Å². The Morgan fingerprint density at radius 2 is 2.03 bits per heavy atom. The highest BCUT2D eigenvalue weighted by Crippen LogP contribution is 2.36. The van der Waals surface area contributed by atoms with E-state index in [1.807, 2.05) is 30.2 Å². The van der Waals surface area contributed by atoms with Gasteiger partial charge in [0.05, 0.1) is 17.9 Å². The van der Waals surface area contributed by atoms with Crippen molar-refractivity contribution in [2.75, 3.05) is 20.3 Å². The lowest BCUT2D eigenvalue weighted by Crippen LogP contribution is -2.41. The number of carbonyl (C=O) groups excluding carboxylic acids is 1. The molecule has 0 aromatic carbocycles. The number of aromatic nitrogens is 5. The van der Waals surface area contributed by atoms with Crippen molar-refractivity contribution in [3.05, 3.63) is 42.2 Å². The van der Waals surface area contributed by atoms with E-state index in [-0.39, 0.29) is 18.0 Å². The Labute approximate surface area is 216 Å². The molecule has 1 aliphatic heterocycles. The van der Waals surface area contributed by atoms with E-state index < -0.39 is 0 Å². The molecule has 3 atom stereocenters. The summed E-state index contributed by atoms with van der Waals surface area (Å²) in [5, 5.41) is 1.09. The Morgan fingerprint density at radius 1 is 1.19 bits per heavy atom. The summed E-state index contributed by atoms with van der Waals surface area (Å²) in [6, 6.07) is 8.09. The summed E-state index contributed by atoms with van der Waals surface area (Å²) in [5.74, 6) is 1.78. The third-order valence-electron chi connectivity index (χ3n) is 8.18. The summed E-state index contributed by atoms with van der Waals surface area (Å²) < 4.78 is 9.82. The molecule has 5 heterocycles. The van der Waals surface area contributed by atoms with Gasteiger partial charge < -0.3 is 24.5 Å². The lowest BCUT2D eigenvalue weighted by molar-refractivity contribution is 0.0739. The maximum Gasteiger partial charge on any atom is 0.255 e. The van der Waals surface area contributed by atoms with E-state index >= 15 is 0 Å². The molecule has 0 radical (unpaired) electrons. The molecular weight excluding hydrogens is 466 g/mol. The van der Waals surface area contributed by atoms with Gasteiger partial charge in [-0.05, 0) is 55.9 Å². The second-order valence-electron chi connectivity index (χ2n) is 10.6. The molecule has 9 nitrogen and oxygen atoms in total. The van der Waals surface area contributed by atoms with Crippen LogP contribution in [0.2, 0.25) is 0 Å². The van der Waals surface area contributed by atoms with Gasteiger partial charge in [-0.3, -0.25) is 4.79 Å². The zero-order valence-electron chi connectivity index (χ0n) is 21.8. The standard InChI is InChI=1S/C28H35N7O2/c1-4-19-16-34(17(2)24(19)29)28(36)21-12-22-26(31-14-21)33(10-11-37-3)27(32-22)23-13-20-6-5-9-30-25(20)35(23)15-18-7-8-18/h5-6,9,12-14,17-19,24H,4,7-8,10-11,15-16,29H2,1-3H3/t17-,19-,24+/m1/s1. The molecule has 2 aliphatic rings. The van der Waals surface area contributed by atoms with Crippen LogP contribution in [-0.2, 0) is 17.8 Å². The van der Waals surface area contributed by atoms with Crippen molar-refractivity contribution in [2.45, 2.75) is 58.3 Å². The van der Waals surface area contributed by atoms with Crippen LogP contribution in [0.15, 0.2) is 36.7 Å². The fourth-order valence-electron chi connectivity index (χ4n) is 5.71. The largest absolute Gasteiger partial charge is 0.383 e. The zero-order chi connectivity index (χ0) is 25.7. The smallest absolute Gasteiger partial charge is 0.255 e. The molecule has 1 amide bonds. The molecule has 9 heteroatoms. The van der Waals surface area contributed by atoms with E-state index in [0.717, 1.165) is 41.2 Å². The molecule has 37 heavy (non-hydrogen) atoms. The second-order valence-corrected chi connectivity index (χ2v) is 10.6. The van der Waals surface area contributed by atoms with Gasteiger partial charge in [-0.1, -0.05) is 13.3 Å². The van der Waals surface area contributed by atoms with Gasteiger partial charge >= 0.3 is 0 Å². The third kappa shape index (κ3) is 4.20. The molecule has 4 aromatic heterocycles. The maximum absolute atomic E-state index is 13.5. The van der Waals surface area contributed by atoms with E-state index in [1.165, 1.54) is 12.8 Å². The number of rotatable bonds is 8. The van der Waals surface area contributed by atoms with Crippen LogP contribution in [0.5, 0.6) is 0 Å². The molecule has 2 fully saturated rings. The number of hydrogen-bond donors (Lipinski definition) is 1. The first-order valence-corrected chi connectivity index (χ1v) is 13.4. The highest BCUT2D eigenvalue weighted by Gasteiger charge is 2.38. The number of amides is 1. The number of likely N-dealkylation sites (tertiary alicyclic amines) is 1. The predicted molar refractivity (Wildman–Crippen MR) is 143 cm³/mol. The number of ether oxygens (including phenoxy) is 1. The molecule has 4 aromatic rings. The van der Waals surface area contributed by atoms with Crippen LogP contribution in [-0.4, -0.2) is 67.2 Å². The highest BCUT2D eigenvalue weighted by molar-refractivity contribution is 5.97. The van der Waals surface area contributed by atoms with Gasteiger partial charge in [0.15, 0.2) is 11.5 Å².